The van der Waals surface area contributed by atoms with Gasteiger partial charge in [-0.2, -0.15) is 0 Å². The van der Waals surface area contributed by atoms with Crippen LogP contribution in [0.25, 0.3) is 0 Å². The van der Waals surface area contributed by atoms with E-state index in [2.05, 4.69) is 50.9 Å². The zero-order valence-corrected chi connectivity index (χ0v) is 17.1. The molecular weight excluding hydrogens is 356 g/mol. The van der Waals surface area contributed by atoms with Gasteiger partial charge in [-0.1, -0.05) is 31.0 Å². The molecule has 6 heteroatoms. The van der Waals surface area contributed by atoms with E-state index in [0.29, 0.717) is 24.9 Å². The fourth-order valence-electron chi connectivity index (χ4n) is 3.88. The van der Waals surface area contributed by atoms with E-state index in [1.807, 2.05) is 18.8 Å². The maximum Gasteiger partial charge on any atom is 0.221 e. The Morgan fingerprint density at radius 1 is 1.22 bits per heavy atom. The van der Waals surface area contributed by atoms with Crippen LogP contribution in [0.2, 0.25) is 0 Å². The molecule has 1 aromatic carbocycles. The van der Waals surface area contributed by atoms with Crippen molar-refractivity contribution in [1.82, 2.24) is 15.5 Å². The van der Waals surface area contributed by atoms with E-state index < -0.39 is 0 Å². The second-order valence-corrected chi connectivity index (χ2v) is 8.59. The monoisotopic (exact) mass is 388 g/mol. The van der Waals surface area contributed by atoms with Crippen LogP contribution in [0.3, 0.4) is 0 Å². The van der Waals surface area contributed by atoms with Crippen LogP contribution in [-0.2, 0) is 4.79 Å². The van der Waals surface area contributed by atoms with Crippen molar-refractivity contribution in [2.24, 2.45) is 10.9 Å². The highest BCUT2D eigenvalue weighted by Crippen LogP contribution is 2.25. The SMILES string of the molecule is CN=C(NCCC(=O)NC1CCCC1)N1CCC(CSc2ccccc2)C1. The van der Waals surface area contributed by atoms with E-state index in [9.17, 15) is 4.79 Å². The minimum absolute atomic E-state index is 0.156. The summed E-state index contributed by atoms with van der Waals surface area (Å²) in [5.74, 6) is 2.90. The molecule has 1 saturated heterocycles. The van der Waals surface area contributed by atoms with Crippen LogP contribution in [0.1, 0.15) is 38.5 Å². The van der Waals surface area contributed by atoms with Crippen molar-refractivity contribution in [3.63, 3.8) is 0 Å². The summed E-state index contributed by atoms with van der Waals surface area (Å²) in [5.41, 5.74) is 0. The molecule has 3 rings (SSSR count). The highest BCUT2D eigenvalue weighted by molar-refractivity contribution is 7.99. The molecule has 1 saturated carbocycles. The average Bonchev–Trinajstić information content (AvgIpc) is 3.36. The first-order chi connectivity index (χ1) is 13.2. The molecule has 1 aliphatic heterocycles. The van der Waals surface area contributed by atoms with Crippen molar-refractivity contribution in [1.29, 1.82) is 0 Å². The third-order valence-corrected chi connectivity index (χ3v) is 6.63. The van der Waals surface area contributed by atoms with Crippen LogP contribution in [0.5, 0.6) is 0 Å². The Bertz CT molecular complexity index is 616. The number of thioether (sulfide) groups is 1. The zero-order chi connectivity index (χ0) is 18.9. The predicted octanol–water partition coefficient (Wildman–Crippen LogP) is 3.12. The summed E-state index contributed by atoms with van der Waals surface area (Å²) < 4.78 is 0. The van der Waals surface area contributed by atoms with Gasteiger partial charge in [0.25, 0.3) is 0 Å². The molecule has 1 amide bonds. The molecule has 2 N–H and O–H groups in total. The lowest BCUT2D eigenvalue weighted by molar-refractivity contribution is -0.121. The number of carbonyl (C=O) groups is 1. The van der Waals surface area contributed by atoms with Crippen LogP contribution < -0.4 is 10.6 Å². The van der Waals surface area contributed by atoms with Gasteiger partial charge in [0.2, 0.25) is 5.91 Å². The van der Waals surface area contributed by atoms with Crippen LogP contribution in [-0.4, -0.2) is 55.2 Å². The Morgan fingerprint density at radius 3 is 2.74 bits per heavy atom. The van der Waals surface area contributed by atoms with E-state index in [-0.39, 0.29) is 5.91 Å². The minimum atomic E-state index is 0.156. The summed E-state index contributed by atoms with van der Waals surface area (Å²) >= 11 is 1.94. The van der Waals surface area contributed by atoms with Gasteiger partial charge in [0.05, 0.1) is 0 Å². The molecule has 5 nitrogen and oxygen atoms in total. The van der Waals surface area contributed by atoms with Crippen molar-refractivity contribution in [2.75, 3.05) is 32.4 Å². The molecule has 0 radical (unpaired) electrons. The third kappa shape index (κ3) is 6.45. The van der Waals surface area contributed by atoms with Crippen LogP contribution in [0, 0.1) is 5.92 Å². The summed E-state index contributed by atoms with van der Waals surface area (Å²) in [6.45, 7) is 2.72. The molecule has 1 atom stereocenters. The van der Waals surface area contributed by atoms with Crippen LogP contribution >= 0.6 is 11.8 Å². The molecule has 2 fully saturated rings. The first kappa shape index (κ1) is 20.1. The number of guanidine groups is 1. The number of likely N-dealkylation sites (tertiary alicyclic amines) is 1. The molecule has 1 aromatic rings. The molecule has 1 unspecified atom stereocenters. The average molecular weight is 389 g/mol. The highest BCUT2D eigenvalue weighted by atomic mass is 32.2. The Labute approximate surface area is 167 Å². The van der Waals surface area contributed by atoms with Gasteiger partial charge in [0.1, 0.15) is 0 Å². The molecule has 1 heterocycles. The minimum Gasteiger partial charge on any atom is -0.356 e. The van der Waals surface area contributed by atoms with Crippen molar-refractivity contribution in [2.45, 2.75) is 49.5 Å². The van der Waals surface area contributed by atoms with Crippen LogP contribution in [0.4, 0.5) is 0 Å². The van der Waals surface area contributed by atoms with E-state index in [0.717, 1.165) is 37.6 Å². The van der Waals surface area contributed by atoms with Crippen molar-refractivity contribution in [3.8, 4) is 0 Å². The first-order valence-electron chi connectivity index (χ1n) is 10.2. The van der Waals surface area contributed by atoms with Gasteiger partial charge < -0.3 is 15.5 Å². The zero-order valence-electron chi connectivity index (χ0n) is 16.3. The number of rotatable bonds is 7. The Balaban J connectivity index is 1.34. The lowest BCUT2D eigenvalue weighted by Crippen LogP contribution is -2.42. The Hall–Kier alpha value is -1.69. The van der Waals surface area contributed by atoms with E-state index in [1.54, 1.807) is 0 Å². The molecule has 148 valence electrons. The topological polar surface area (TPSA) is 56.7 Å². The fourth-order valence-corrected chi connectivity index (χ4v) is 4.93. The lowest BCUT2D eigenvalue weighted by atomic mass is 10.2. The normalized spacial score (nSPS) is 20.9. The molecular formula is C21H32N4OS. The summed E-state index contributed by atoms with van der Waals surface area (Å²) in [4.78, 5) is 20.1. The standard InChI is InChI=1S/C21H32N4OS/c1-22-21(23-13-11-20(26)24-18-7-5-6-8-18)25-14-12-17(15-25)16-27-19-9-3-2-4-10-19/h2-4,9-10,17-18H,5-8,11-16H2,1H3,(H,22,23)(H,24,26). The van der Waals surface area contributed by atoms with E-state index >= 15 is 0 Å². The van der Waals surface area contributed by atoms with Crippen molar-refractivity contribution in [3.05, 3.63) is 30.3 Å². The number of aliphatic imine (C=N–C) groups is 1. The number of amides is 1. The van der Waals surface area contributed by atoms with Gasteiger partial charge in [-0.15, -0.1) is 11.8 Å². The van der Waals surface area contributed by atoms with Crippen molar-refractivity contribution < 1.29 is 4.79 Å². The molecule has 0 spiro atoms. The third-order valence-electron chi connectivity index (χ3n) is 5.38. The smallest absolute Gasteiger partial charge is 0.221 e. The molecule has 0 bridgehead atoms. The maximum atomic E-state index is 12.1. The quantitative estimate of drug-likeness (QED) is 0.428. The number of carbonyl (C=O) groups excluding carboxylic acids is 1. The number of nitrogens with one attached hydrogen (secondary N) is 2. The highest BCUT2D eigenvalue weighted by Gasteiger charge is 2.25. The summed E-state index contributed by atoms with van der Waals surface area (Å²) in [7, 11) is 1.83. The molecule has 27 heavy (non-hydrogen) atoms. The van der Waals surface area contributed by atoms with Crippen LogP contribution in [0.15, 0.2) is 40.2 Å². The first-order valence-corrected chi connectivity index (χ1v) is 11.2. The number of hydrogen-bond acceptors (Lipinski definition) is 3. The number of nitrogens with zero attached hydrogens (tertiary/aromatic N) is 2. The van der Waals surface area contributed by atoms with Gasteiger partial charge in [-0.05, 0) is 37.3 Å². The van der Waals surface area contributed by atoms with E-state index in [4.69, 9.17) is 0 Å². The maximum absolute atomic E-state index is 12.1. The summed E-state index contributed by atoms with van der Waals surface area (Å²) in [6.07, 6.45) is 6.47. The Morgan fingerprint density at radius 2 is 2.00 bits per heavy atom. The predicted molar refractivity (Wildman–Crippen MR) is 113 cm³/mol. The summed E-state index contributed by atoms with van der Waals surface area (Å²) in [5, 5.41) is 6.51. The largest absolute Gasteiger partial charge is 0.356 e. The second kappa shape index (κ2) is 10.6. The Kier molecular flexibility index (Phi) is 7.87. The van der Waals surface area contributed by atoms with E-state index in [1.165, 1.54) is 24.2 Å². The lowest BCUT2D eigenvalue weighted by Gasteiger charge is -2.22. The number of benzene rings is 1. The van der Waals surface area contributed by atoms with Gasteiger partial charge >= 0.3 is 0 Å². The summed E-state index contributed by atoms with van der Waals surface area (Å²) in [6, 6.07) is 11.0. The van der Waals surface area contributed by atoms with Gasteiger partial charge in [-0.25, -0.2) is 0 Å². The van der Waals surface area contributed by atoms with Gasteiger partial charge in [0, 0.05) is 49.8 Å². The molecule has 2 aliphatic rings. The second-order valence-electron chi connectivity index (χ2n) is 7.50. The fraction of sp³-hybridized carbons (Fsp3) is 0.619. The van der Waals surface area contributed by atoms with Crippen molar-refractivity contribution >= 4 is 23.6 Å². The molecule has 0 aromatic heterocycles. The molecule has 1 aliphatic carbocycles. The van der Waals surface area contributed by atoms with Gasteiger partial charge in [0.15, 0.2) is 5.96 Å². The number of hydrogen-bond donors (Lipinski definition) is 2. The van der Waals surface area contributed by atoms with Gasteiger partial charge in [-0.3, -0.25) is 9.79 Å².